The predicted octanol–water partition coefficient (Wildman–Crippen LogP) is 6.69. The van der Waals surface area contributed by atoms with Crippen LogP contribution in [0.25, 0.3) is 10.8 Å². The first-order valence-electron chi connectivity index (χ1n) is 12.6. The molecule has 1 atom stereocenters. The van der Waals surface area contributed by atoms with Crippen molar-refractivity contribution in [2.24, 2.45) is 0 Å². The summed E-state index contributed by atoms with van der Waals surface area (Å²) < 4.78 is 6.03. The molecule has 0 unspecified atom stereocenters. The molecule has 38 heavy (non-hydrogen) atoms. The minimum Gasteiger partial charge on any atom is -0.483 e. The van der Waals surface area contributed by atoms with Crippen LogP contribution in [0.3, 0.4) is 0 Å². The van der Waals surface area contributed by atoms with Crippen LogP contribution in [0.1, 0.15) is 24.5 Å². The molecule has 0 aromatic heterocycles. The van der Waals surface area contributed by atoms with Crippen LogP contribution in [0.5, 0.6) is 5.75 Å². The lowest BCUT2D eigenvalue weighted by Gasteiger charge is -2.32. The van der Waals surface area contributed by atoms with Crippen molar-refractivity contribution < 1.29 is 14.3 Å². The van der Waals surface area contributed by atoms with Gasteiger partial charge in [-0.05, 0) is 35.6 Å². The van der Waals surface area contributed by atoms with Gasteiger partial charge in [-0.3, -0.25) is 9.59 Å². The second-order valence-electron chi connectivity index (χ2n) is 8.98. The Labute approximate surface area is 233 Å². The summed E-state index contributed by atoms with van der Waals surface area (Å²) in [7, 11) is 0. The third-order valence-corrected chi connectivity index (χ3v) is 7.02. The first kappa shape index (κ1) is 27.5. The molecule has 0 radical (unpaired) electrons. The van der Waals surface area contributed by atoms with E-state index in [0.717, 1.165) is 22.8 Å². The molecule has 0 fully saturated rings. The fraction of sp³-hybridized carbons (Fsp3) is 0.226. The third kappa shape index (κ3) is 6.85. The van der Waals surface area contributed by atoms with E-state index >= 15 is 0 Å². The van der Waals surface area contributed by atoms with E-state index in [1.807, 2.05) is 79.7 Å². The zero-order valence-electron chi connectivity index (χ0n) is 21.2. The summed E-state index contributed by atoms with van der Waals surface area (Å²) in [6, 6.07) is 27.6. The normalized spacial score (nSPS) is 11.7. The SMILES string of the molecule is CCCNC(=O)[C@H](Cc1ccccc1)N(Cc1c(Cl)cccc1Cl)C(=O)COc1cccc2ccccc12. The lowest BCUT2D eigenvalue weighted by Crippen LogP contribution is -2.51. The Bertz CT molecular complexity index is 1370. The molecule has 0 saturated carbocycles. The van der Waals surface area contributed by atoms with Gasteiger partial charge in [0.25, 0.3) is 5.91 Å². The van der Waals surface area contributed by atoms with Crippen molar-refractivity contribution >= 4 is 45.8 Å². The lowest BCUT2D eigenvalue weighted by atomic mass is 10.0. The van der Waals surface area contributed by atoms with Crippen molar-refractivity contribution in [3.8, 4) is 5.75 Å². The highest BCUT2D eigenvalue weighted by Gasteiger charge is 2.31. The van der Waals surface area contributed by atoms with Crippen molar-refractivity contribution in [3.63, 3.8) is 0 Å². The molecule has 0 aliphatic heterocycles. The zero-order chi connectivity index (χ0) is 26.9. The molecule has 196 valence electrons. The highest BCUT2D eigenvalue weighted by molar-refractivity contribution is 6.36. The van der Waals surface area contributed by atoms with Gasteiger partial charge in [-0.15, -0.1) is 0 Å². The number of nitrogens with one attached hydrogen (secondary N) is 1. The molecule has 1 N–H and O–H groups in total. The van der Waals surface area contributed by atoms with E-state index in [1.165, 1.54) is 4.90 Å². The second-order valence-corrected chi connectivity index (χ2v) is 9.80. The zero-order valence-corrected chi connectivity index (χ0v) is 22.7. The number of hydrogen-bond acceptors (Lipinski definition) is 3. The maximum absolute atomic E-state index is 13.8. The summed E-state index contributed by atoms with van der Waals surface area (Å²) >= 11 is 13.0. The fourth-order valence-electron chi connectivity index (χ4n) is 4.32. The largest absolute Gasteiger partial charge is 0.483 e. The molecule has 4 aromatic rings. The van der Waals surface area contributed by atoms with Crippen molar-refractivity contribution in [3.05, 3.63) is 112 Å². The van der Waals surface area contributed by atoms with Gasteiger partial charge in [0.15, 0.2) is 6.61 Å². The molecular weight excluding hydrogens is 519 g/mol. The molecule has 5 nitrogen and oxygen atoms in total. The number of rotatable bonds is 11. The van der Waals surface area contributed by atoms with Crippen LogP contribution in [-0.4, -0.2) is 35.9 Å². The maximum Gasteiger partial charge on any atom is 0.261 e. The van der Waals surface area contributed by atoms with Crippen LogP contribution < -0.4 is 10.1 Å². The van der Waals surface area contributed by atoms with Crippen molar-refractivity contribution in [2.75, 3.05) is 13.2 Å². The number of hydrogen-bond donors (Lipinski definition) is 1. The van der Waals surface area contributed by atoms with Crippen LogP contribution >= 0.6 is 23.2 Å². The Hall–Kier alpha value is -3.54. The van der Waals surface area contributed by atoms with Crippen LogP contribution in [-0.2, 0) is 22.6 Å². The molecule has 0 aliphatic carbocycles. The van der Waals surface area contributed by atoms with Gasteiger partial charge in [-0.1, -0.05) is 103 Å². The minimum atomic E-state index is -0.792. The highest BCUT2D eigenvalue weighted by atomic mass is 35.5. The van der Waals surface area contributed by atoms with Crippen LogP contribution in [0.2, 0.25) is 10.0 Å². The monoisotopic (exact) mass is 548 g/mol. The van der Waals surface area contributed by atoms with E-state index < -0.39 is 6.04 Å². The van der Waals surface area contributed by atoms with Crippen molar-refractivity contribution in [1.29, 1.82) is 0 Å². The van der Waals surface area contributed by atoms with Crippen molar-refractivity contribution in [1.82, 2.24) is 10.2 Å². The van der Waals surface area contributed by atoms with Crippen LogP contribution in [0.4, 0.5) is 0 Å². The smallest absolute Gasteiger partial charge is 0.261 e. The average Bonchev–Trinajstić information content (AvgIpc) is 2.94. The molecular formula is C31H30Cl2N2O3. The minimum absolute atomic E-state index is 0.0628. The fourth-order valence-corrected chi connectivity index (χ4v) is 4.83. The Morgan fingerprint density at radius 2 is 1.53 bits per heavy atom. The number of carbonyl (C=O) groups excluding carboxylic acids is 2. The summed E-state index contributed by atoms with van der Waals surface area (Å²) in [6.45, 7) is 2.30. The molecule has 0 bridgehead atoms. The molecule has 0 spiro atoms. The van der Waals surface area contributed by atoms with Crippen LogP contribution in [0.15, 0.2) is 91.0 Å². The van der Waals surface area contributed by atoms with Gasteiger partial charge in [-0.2, -0.15) is 0 Å². The van der Waals surface area contributed by atoms with E-state index in [4.69, 9.17) is 27.9 Å². The first-order valence-corrected chi connectivity index (χ1v) is 13.4. The lowest BCUT2D eigenvalue weighted by molar-refractivity contribution is -0.142. The van der Waals surface area contributed by atoms with E-state index in [-0.39, 0.29) is 25.0 Å². The highest BCUT2D eigenvalue weighted by Crippen LogP contribution is 2.28. The number of amides is 2. The maximum atomic E-state index is 13.8. The second kappa shape index (κ2) is 13.3. The summed E-state index contributed by atoms with van der Waals surface area (Å²) in [5.74, 6) is 0.0149. The van der Waals surface area contributed by atoms with Gasteiger partial charge in [0.05, 0.1) is 0 Å². The van der Waals surface area contributed by atoms with Gasteiger partial charge in [0.2, 0.25) is 5.91 Å². The summed E-state index contributed by atoms with van der Waals surface area (Å²) in [6.07, 6.45) is 1.11. The Kier molecular flexibility index (Phi) is 9.63. The molecule has 0 aliphatic rings. The van der Waals surface area contributed by atoms with E-state index in [1.54, 1.807) is 18.2 Å². The van der Waals surface area contributed by atoms with Gasteiger partial charge < -0.3 is 15.0 Å². The molecule has 2 amide bonds. The number of ether oxygens (including phenoxy) is 1. The average molecular weight is 549 g/mol. The van der Waals surface area contributed by atoms with E-state index in [2.05, 4.69) is 5.32 Å². The van der Waals surface area contributed by atoms with Gasteiger partial charge in [-0.25, -0.2) is 0 Å². The topological polar surface area (TPSA) is 58.6 Å². The molecule has 4 aromatic carbocycles. The summed E-state index contributed by atoms with van der Waals surface area (Å²) in [5, 5.41) is 5.74. The van der Waals surface area contributed by atoms with Crippen LogP contribution in [0, 0.1) is 0 Å². The molecule has 0 saturated heterocycles. The number of benzene rings is 4. The molecule has 7 heteroatoms. The quantitative estimate of drug-likeness (QED) is 0.227. The summed E-state index contributed by atoms with van der Waals surface area (Å²) in [5.41, 5.74) is 1.51. The van der Waals surface area contributed by atoms with E-state index in [9.17, 15) is 9.59 Å². The third-order valence-electron chi connectivity index (χ3n) is 6.31. The van der Waals surface area contributed by atoms with E-state index in [0.29, 0.717) is 34.3 Å². The molecule has 4 rings (SSSR count). The van der Waals surface area contributed by atoms with Gasteiger partial charge >= 0.3 is 0 Å². The number of carbonyl (C=O) groups is 2. The standard InChI is InChI=1S/C31H30Cl2N2O3/c1-2-18-34-31(37)28(19-22-10-4-3-5-11-22)35(20-25-26(32)15-9-16-27(25)33)30(36)21-38-29-17-8-13-23-12-6-7-14-24(23)29/h3-17,28H,2,18-21H2,1H3,(H,34,37)/t28-/m0/s1. The van der Waals surface area contributed by atoms with Crippen molar-refractivity contribution in [2.45, 2.75) is 32.4 Å². The first-order chi connectivity index (χ1) is 18.5. The van der Waals surface area contributed by atoms with Gasteiger partial charge in [0, 0.05) is 40.5 Å². The predicted molar refractivity (Wildman–Crippen MR) is 154 cm³/mol. The van der Waals surface area contributed by atoms with Gasteiger partial charge in [0.1, 0.15) is 11.8 Å². The number of halogens is 2. The Morgan fingerprint density at radius 1 is 0.868 bits per heavy atom. The summed E-state index contributed by atoms with van der Waals surface area (Å²) in [4.78, 5) is 28.8. The Morgan fingerprint density at radius 3 is 2.26 bits per heavy atom. The number of fused-ring (bicyclic) bond motifs is 1. The molecule has 0 heterocycles. The Balaban J connectivity index is 1.67. The number of nitrogens with zero attached hydrogens (tertiary/aromatic N) is 1.